The Morgan fingerprint density at radius 3 is 2.52 bits per heavy atom. The van der Waals surface area contributed by atoms with Crippen molar-refractivity contribution in [1.82, 2.24) is 14.9 Å². The normalized spacial score (nSPS) is 22.2. The first-order valence-corrected chi connectivity index (χ1v) is 13.1. The largest absolute Gasteiger partial charge is 0.444 e. The van der Waals surface area contributed by atoms with E-state index in [-0.39, 0.29) is 24.0 Å². The molecular weight excluding hydrogens is 511 g/mol. The van der Waals surface area contributed by atoms with E-state index in [9.17, 15) is 4.79 Å². The number of fused-ring (bicyclic) bond motifs is 5. The summed E-state index contributed by atoms with van der Waals surface area (Å²) < 4.78 is 27.2. The molecular formula is C23H28BrFN4O3S. The molecule has 2 aromatic rings. The Bertz CT molecular complexity index is 1110. The first-order valence-electron chi connectivity index (χ1n) is 11.3. The fourth-order valence-corrected chi connectivity index (χ4v) is 6.16. The van der Waals surface area contributed by atoms with E-state index in [2.05, 4.69) is 25.8 Å². The van der Waals surface area contributed by atoms with Crippen LogP contribution < -0.4 is 4.90 Å². The maximum atomic E-state index is 15.5. The zero-order valence-corrected chi connectivity index (χ0v) is 21.7. The minimum absolute atomic E-state index is 0.0959. The standard InChI is InChI=1S/C23H28BrFN4O3S/c1-5-33-21-26-19-16(14-10-31-11-15(14)17(24)18(19)25)20(27-21)29-12-6-7-13(29)9-28(8-12)22(30)32-23(2,3)4/h12-13H,5-11H2,1-4H3/t12-,13+. The van der Waals surface area contributed by atoms with Crippen LogP contribution in [0.3, 0.4) is 0 Å². The topological polar surface area (TPSA) is 67.8 Å². The van der Waals surface area contributed by atoms with Gasteiger partial charge in [-0.25, -0.2) is 19.2 Å². The number of anilines is 1. The average Bonchev–Trinajstić information content (AvgIpc) is 3.33. The number of ether oxygens (including phenoxy) is 2. The number of thioether (sulfide) groups is 1. The van der Waals surface area contributed by atoms with Crippen LogP contribution in [0.15, 0.2) is 9.63 Å². The molecule has 0 saturated carbocycles. The zero-order valence-electron chi connectivity index (χ0n) is 19.3. The molecule has 0 aliphatic carbocycles. The minimum Gasteiger partial charge on any atom is -0.444 e. The molecule has 1 amide bonds. The summed E-state index contributed by atoms with van der Waals surface area (Å²) in [5, 5.41) is 1.31. The van der Waals surface area contributed by atoms with Gasteiger partial charge in [-0.3, -0.25) is 0 Å². The number of benzene rings is 1. The number of nitrogens with zero attached hydrogens (tertiary/aromatic N) is 4. The van der Waals surface area contributed by atoms with Crippen LogP contribution in [0.5, 0.6) is 0 Å². The molecule has 2 saturated heterocycles. The second-order valence-electron chi connectivity index (χ2n) is 9.74. The highest BCUT2D eigenvalue weighted by molar-refractivity contribution is 9.10. The number of amides is 1. The fraction of sp³-hybridized carbons (Fsp3) is 0.609. The number of aromatic nitrogens is 2. The number of carbonyl (C=O) groups excluding carboxylic acids is 1. The predicted molar refractivity (Wildman–Crippen MR) is 129 cm³/mol. The number of likely N-dealkylation sites (tertiary alicyclic amines) is 1. The van der Waals surface area contributed by atoms with Gasteiger partial charge in [-0.15, -0.1) is 0 Å². The van der Waals surface area contributed by atoms with Crippen LogP contribution in [0.4, 0.5) is 15.0 Å². The average molecular weight is 539 g/mol. The molecule has 0 spiro atoms. The van der Waals surface area contributed by atoms with Crippen molar-refractivity contribution < 1.29 is 18.7 Å². The van der Waals surface area contributed by atoms with Gasteiger partial charge in [0.25, 0.3) is 0 Å². The predicted octanol–water partition coefficient (Wildman–Crippen LogP) is 5.26. The lowest BCUT2D eigenvalue weighted by Gasteiger charge is -2.42. The third-order valence-electron chi connectivity index (χ3n) is 6.35. The van der Waals surface area contributed by atoms with Crippen LogP contribution in [0.1, 0.15) is 51.7 Å². The SMILES string of the molecule is CCSc1nc(N2[C@@H]3CC[C@H]2CN(C(=O)OC(C)(C)C)C3)c2c3c(c(Br)c(F)c2n1)COC3. The van der Waals surface area contributed by atoms with Gasteiger partial charge in [0.1, 0.15) is 16.9 Å². The van der Waals surface area contributed by atoms with Gasteiger partial charge in [-0.2, -0.15) is 0 Å². The Kier molecular flexibility index (Phi) is 5.98. The summed E-state index contributed by atoms with van der Waals surface area (Å²) in [4.78, 5) is 26.4. The van der Waals surface area contributed by atoms with Crippen molar-refractivity contribution in [3.63, 3.8) is 0 Å². The lowest BCUT2D eigenvalue weighted by Crippen LogP contribution is -2.56. The Balaban J connectivity index is 1.59. The summed E-state index contributed by atoms with van der Waals surface area (Å²) in [6.07, 6.45) is 1.62. The molecule has 33 heavy (non-hydrogen) atoms. The van der Waals surface area contributed by atoms with Gasteiger partial charge in [0.05, 0.1) is 23.1 Å². The zero-order chi connectivity index (χ0) is 23.5. The van der Waals surface area contributed by atoms with E-state index < -0.39 is 5.60 Å². The van der Waals surface area contributed by atoms with Gasteiger partial charge in [-0.05, 0) is 60.9 Å². The molecule has 2 fully saturated rings. The lowest BCUT2D eigenvalue weighted by molar-refractivity contribution is 0.0209. The summed E-state index contributed by atoms with van der Waals surface area (Å²) in [5.74, 6) is 1.19. The number of hydrogen-bond donors (Lipinski definition) is 0. The molecule has 0 N–H and O–H groups in total. The molecule has 0 radical (unpaired) electrons. The van der Waals surface area contributed by atoms with E-state index in [0.717, 1.165) is 40.9 Å². The van der Waals surface area contributed by atoms with E-state index in [1.807, 2.05) is 27.7 Å². The minimum atomic E-state index is -0.534. The molecule has 10 heteroatoms. The third kappa shape index (κ3) is 4.08. The molecule has 1 aromatic carbocycles. The second-order valence-corrected chi connectivity index (χ2v) is 11.8. The van der Waals surface area contributed by atoms with E-state index in [0.29, 0.717) is 41.4 Å². The summed E-state index contributed by atoms with van der Waals surface area (Å²) in [7, 11) is 0. The lowest BCUT2D eigenvalue weighted by atomic mass is 10.0. The third-order valence-corrected chi connectivity index (χ3v) is 7.90. The van der Waals surface area contributed by atoms with Gasteiger partial charge in [0, 0.05) is 30.7 Å². The Morgan fingerprint density at radius 1 is 1.21 bits per heavy atom. The number of carbonyl (C=O) groups is 1. The molecule has 2 bridgehead atoms. The highest BCUT2D eigenvalue weighted by Crippen LogP contribution is 2.44. The Labute approximate surface area is 205 Å². The van der Waals surface area contributed by atoms with Crippen LogP contribution in [0.2, 0.25) is 0 Å². The van der Waals surface area contributed by atoms with Crippen molar-refractivity contribution >= 4 is 50.5 Å². The highest BCUT2D eigenvalue weighted by Gasteiger charge is 2.44. The van der Waals surface area contributed by atoms with Crippen molar-refractivity contribution in [2.75, 3.05) is 23.7 Å². The van der Waals surface area contributed by atoms with Crippen LogP contribution >= 0.6 is 27.7 Å². The first-order chi connectivity index (χ1) is 15.7. The monoisotopic (exact) mass is 538 g/mol. The van der Waals surface area contributed by atoms with E-state index >= 15 is 4.39 Å². The highest BCUT2D eigenvalue weighted by atomic mass is 79.9. The summed E-state index contributed by atoms with van der Waals surface area (Å²) in [5.41, 5.74) is 1.59. The Hall–Kier alpha value is -1.65. The molecule has 0 unspecified atom stereocenters. The van der Waals surface area contributed by atoms with Crippen LogP contribution in [0, 0.1) is 5.82 Å². The molecule has 1 aromatic heterocycles. The molecule has 178 valence electrons. The van der Waals surface area contributed by atoms with E-state index in [1.165, 1.54) is 11.8 Å². The fourth-order valence-electron chi connectivity index (χ4n) is 5.06. The Morgan fingerprint density at radius 2 is 1.88 bits per heavy atom. The molecule has 7 nitrogen and oxygen atoms in total. The van der Waals surface area contributed by atoms with E-state index in [4.69, 9.17) is 14.5 Å². The van der Waals surface area contributed by atoms with Crippen LogP contribution in [-0.2, 0) is 22.7 Å². The molecule has 3 aliphatic heterocycles. The molecule has 3 aliphatic rings. The molecule has 5 rings (SSSR count). The first kappa shape index (κ1) is 23.1. The molecule has 2 atom stereocenters. The van der Waals surface area contributed by atoms with Gasteiger partial charge in [0.15, 0.2) is 11.0 Å². The molecule has 4 heterocycles. The summed E-state index contributed by atoms with van der Waals surface area (Å²) in [6.45, 7) is 9.57. The number of hydrogen-bond acceptors (Lipinski definition) is 7. The van der Waals surface area contributed by atoms with Crippen molar-refractivity contribution in [3.8, 4) is 0 Å². The summed E-state index contributed by atoms with van der Waals surface area (Å²) >= 11 is 4.93. The maximum absolute atomic E-state index is 15.5. The maximum Gasteiger partial charge on any atom is 0.410 e. The van der Waals surface area contributed by atoms with Gasteiger partial charge < -0.3 is 19.3 Å². The van der Waals surface area contributed by atoms with Gasteiger partial charge in [-0.1, -0.05) is 18.7 Å². The quantitative estimate of drug-likeness (QED) is 0.389. The van der Waals surface area contributed by atoms with Crippen molar-refractivity contribution in [1.29, 1.82) is 0 Å². The van der Waals surface area contributed by atoms with Crippen molar-refractivity contribution in [3.05, 3.63) is 21.4 Å². The van der Waals surface area contributed by atoms with Crippen LogP contribution in [-0.4, -0.2) is 57.5 Å². The number of rotatable bonds is 3. The van der Waals surface area contributed by atoms with Gasteiger partial charge >= 0.3 is 6.09 Å². The van der Waals surface area contributed by atoms with Crippen LogP contribution in [0.25, 0.3) is 10.9 Å². The summed E-state index contributed by atoms with van der Waals surface area (Å²) in [6, 6.07) is 0.192. The van der Waals surface area contributed by atoms with Crippen molar-refractivity contribution in [2.24, 2.45) is 0 Å². The number of piperazine rings is 1. The number of halogens is 2. The smallest absolute Gasteiger partial charge is 0.410 e. The second kappa shape index (κ2) is 8.53. The van der Waals surface area contributed by atoms with E-state index in [1.54, 1.807) is 4.90 Å². The van der Waals surface area contributed by atoms with Crippen molar-refractivity contribution in [2.45, 2.75) is 76.6 Å². The van der Waals surface area contributed by atoms with Gasteiger partial charge in [0.2, 0.25) is 0 Å².